The molecular formula is C18H19ClN2O3. The fourth-order valence-electron chi connectivity index (χ4n) is 2.27. The van der Waals surface area contributed by atoms with Crippen molar-refractivity contribution >= 4 is 29.1 Å². The molecule has 0 aliphatic heterocycles. The number of aliphatic hydroxyl groups is 1. The molecule has 1 unspecified atom stereocenters. The zero-order chi connectivity index (χ0) is 17.5. The van der Waals surface area contributed by atoms with Crippen molar-refractivity contribution in [2.24, 2.45) is 0 Å². The van der Waals surface area contributed by atoms with E-state index in [1.807, 2.05) is 0 Å². The van der Waals surface area contributed by atoms with Crippen molar-refractivity contribution in [3.8, 4) is 0 Å². The van der Waals surface area contributed by atoms with Crippen LogP contribution in [0.25, 0.3) is 0 Å². The monoisotopic (exact) mass is 346 g/mol. The number of rotatable bonds is 6. The fourth-order valence-corrected chi connectivity index (χ4v) is 2.40. The van der Waals surface area contributed by atoms with Crippen LogP contribution in [0, 0.1) is 0 Å². The minimum atomic E-state index is -0.478. The average Bonchev–Trinajstić information content (AvgIpc) is 2.55. The molecule has 2 aromatic carbocycles. The zero-order valence-electron chi connectivity index (χ0n) is 13.3. The number of hydrogen-bond donors (Lipinski definition) is 3. The number of halogens is 1. The molecule has 3 N–H and O–H groups in total. The number of carbonyl (C=O) groups excluding carboxylic acids is 2. The Kier molecular flexibility index (Phi) is 6.35. The van der Waals surface area contributed by atoms with Crippen molar-refractivity contribution in [3.63, 3.8) is 0 Å². The first-order chi connectivity index (χ1) is 11.5. The summed E-state index contributed by atoms with van der Waals surface area (Å²) in [4.78, 5) is 23.1. The van der Waals surface area contributed by atoms with Crippen LogP contribution in [-0.2, 0) is 16.0 Å². The molecule has 6 heteroatoms. The Morgan fingerprint density at radius 1 is 1.08 bits per heavy atom. The molecule has 0 aromatic heterocycles. The standard InChI is InChI=1S/C18H19ClN2O3/c1-12(23)20-16-8-2-13(3-9-16)10-18(24)21-17(11-22)14-4-6-15(19)7-5-14/h2-9,17,22H,10-11H2,1H3,(H,20,23)(H,21,24). The van der Waals surface area contributed by atoms with Gasteiger partial charge in [0.05, 0.1) is 19.1 Å². The van der Waals surface area contributed by atoms with Gasteiger partial charge in [0.2, 0.25) is 11.8 Å². The van der Waals surface area contributed by atoms with Crippen molar-refractivity contribution in [2.75, 3.05) is 11.9 Å². The van der Waals surface area contributed by atoms with Gasteiger partial charge in [-0.25, -0.2) is 0 Å². The Labute approximate surface area is 145 Å². The fraction of sp³-hybridized carbons (Fsp3) is 0.222. The minimum Gasteiger partial charge on any atom is -0.394 e. The number of anilines is 1. The topological polar surface area (TPSA) is 78.4 Å². The molecule has 2 amide bonds. The highest BCUT2D eigenvalue weighted by Gasteiger charge is 2.14. The number of hydrogen-bond acceptors (Lipinski definition) is 3. The van der Waals surface area contributed by atoms with Gasteiger partial charge in [-0.15, -0.1) is 0 Å². The second-order valence-corrected chi connectivity index (χ2v) is 5.85. The predicted molar refractivity (Wildman–Crippen MR) is 93.9 cm³/mol. The minimum absolute atomic E-state index is 0.144. The molecule has 24 heavy (non-hydrogen) atoms. The van der Waals surface area contributed by atoms with Gasteiger partial charge in [-0.2, -0.15) is 0 Å². The van der Waals surface area contributed by atoms with E-state index < -0.39 is 6.04 Å². The summed E-state index contributed by atoms with van der Waals surface area (Å²) in [6.45, 7) is 1.24. The summed E-state index contributed by atoms with van der Waals surface area (Å²) in [7, 11) is 0. The van der Waals surface area contributed by atoms with E-state index in [0.29, 0.717) is 10.7 Å². The molecule has 126 valence electrons. The van der Waals surface area contributed by atoms with Gasteiger partial charge in [0.1, 0.15) is 0 Å². The Balaban J connectivity index is 1.96. The van der Waals surface area contributed by atoms with Crippen LogP contribution in [0.1, 0.15) is 24.1 Å². The number of benzene rings is 2. The molecule has 0 saturated carbocycles. The maximum Gasteiger partial charge on any atom is 0.224 e. The van der Waals surface area contributed by atoms with E-state index in [-0.39, 0.29) is 24.8 Å². The van der Waals surface area contributed by atoms with Gasteiger partial charge in [0, 0.05) is 17.6 Å². The van der Waals surface area contributed by atoms with E-state index in [2.05, 4.69) is 10.6 Å². The van der Waals surface area contributed by atoms with Crippen LogP contribution in [0.3, 0.4) is 0 Å². The molecule has 0 aliphatic rings. The van der Waals surface area contributed by atoms with Crippen LogP contribution in [0.5, 0.6) is 0 Å². The van der Waals surface area contributed by atoms with Crippen molar-refractivity contribution in [3.05, 3.63) is 64.7 Å². The summed E-state index contributed by atoms with van der Waals surface area (Å²) in [6.07, 6.45) is 0.185. The van der Waals surface area contributed by atoms with Crippen molar-refractivity contribution in [1.82, 2.24) is 5.32 Å². The van der Waals surface area contributed by atoms with E-state index in [4.69, 9.17) is 11.6 Å². The maximum absolute atomic E-state index is 12.2. The summed E-state index contributed by atoms with van der Waals surface area (Å²) in [5.74, 6) is -0.342. The first-order valence-electron chi connectivity index (χ1n) is 7.50. The lowest BCUT2D eigenvalue weighted by atomic mass is 10.1. The Hall–Kier alpha value is -2.37. The van der Waals surface area contributed by atoms with E-state index in [0.717, 1.165) is 11.1 Å². The van der Waals surface area contributed by atoms with Gasteiger partial charge in [0.25, 0.3) is 0 Å². The molecule has 2 aromatic rings. The molecule has 0 bridgehead atoms. The Morgan fingerprint density at radius 3 is 2.25 bits per heavy atom. The smallest absolute Gasteiger partial charge is 0.224 e. The lowest BCUT2D eigenvalue weighted by Crippen LogP contribution is -2.31. The summed E-state index contributed by atoms with van der Waals surface area (Å²) in [5, 5.41) is 15.6. The number of aliphatic hydroxyl groups excluding tert-OH is 1. The molecule has 0 radical (unpaired) electrons. The van der Waals surface area contributed by atoms with E-state index in [9.17, 15) is 14.7 Å². The van der Waals surface area contributed by atoms with Crippen molar-refractivity contribution in [1.29, 1.82) is 0 Å². The highest BCUT2D eigenvalue weighted by molar-refractivity contribution is 6.30. The molecule has 2 rings (SSSR count). The van der Waals surface area contributed by atoms with Gasteiger partial charge >= 0.3 is 0 Å². The number of amides is 2. The normalized spacial score (nSPS) is 11.6. The van der Waals surface area contributed by atoms with E-state index in [1.165, 1.54) is 6.92 Å². The third kappa shape index (κ3) is 5.37. The number of nitrogens with one attached hydrogen (secondary N) is 2. The lowest BCUT2D eigenvalue weighted by Gasteiger charge is -2.17. The Morgan fingerprint density at radius 2 is 1.71 bits per heavy atom. The van der Waals surface area contributed by atoms with E-state index in [1.54, 1.807) is 48.5 Å². The third-order valence-corrected chi connectivity index (χ3v) is 3.68. The molecule has 1 atom stereocenters. The SMILES string of the molecule is CC(=O)Nc1ccc(CC(=O)NC(CO)c2ccc(Cl)cc2)cc1. The average molecular weight is 347 g/mol. The second kappa shape index (κ2) is 8.47. The first-order valence-corrected chi connectivity index (χ1v) is 7.88. The molecule has 0 heterocycles. The lowest BCUT2D eigenvalue weighted by molar-refractivity contribution is -0.121. The summed E-state index contributed by atoms with van der Waals surface area (Å²) >= 11 is 5.84. The molecular weight excluding hydrogens is 328 g/mol. The van der Waals surface area contributed by atoms with Gasteiger partial charge in [-0.05, 0) is 35.4 Å². The third-order valence-electron chi connectivity index (χ3n) is 3.43. The van der Waals surface area contributed by atoms with Crippen LogP contribution >= 0.6 is 11.6 Å². The maximum atomic E-state index is 12.2. The quantitative estimate of drug-likeness (QED) is 0.752. The van der Waals surface area contributed by atoms with Crippen LogP contribution in [-0.4, -0.2) is 23.5 Å². The molecule has 5 nitrogen and oxygen atoms in total. The molecule has 0 fully saturated rings. The largest absolute Gasteiger partial charge is 0.394 e. The summed E-state index contributed by atoms with van der Waals surface area (Å²) < 4.78 is 0. The van der Waals surface area contributed by atoms with Gasteiger partial charge in [-0.1, -0.05) is 35.9 Å². The predicted octanol–water partition coefficient (Wildman–Crippen LogP) is 2.69. The van der Waals surface area contributed by atoms with Crippen LogP contribution < -0.4 is 10.6 Å². The van der Waals surface area contributed by atoms with Gasteiger partial charge in [0.15, 0.2) is 0 Å². The van der Waals surface area contributed by atoms with E-state index >= 15 is 0 Å². The highest BCUT2D eigenvalue weighted by atomic mass is 35.5. The molecule has 0 saturated heterocycles. The van der Waals surface area contributed by atoms with Crippen LogP contribution in [0.2, 0.25) is 5.02 Å². The van der Waals surface area contributed by atoms with Crippen molar-refractivity contribution in [2.45, 2.75) is 19.4 Å². The summed E-state index contributed by atoms with van der Waals surface area (Å²) in [6, 6.07) is 13.5. The first kappa shape index (κ1) is 18.0. The Bertz CT molecular complexity index is 699. The molecule has 0 spiro atoms. The van der Waals surface area contributed by atoms with Crippen LogP contribution in [0.4, 0.5) is 5.69 Å². The van der Waals surface area contributed by atoms with Gasteiger partial charge in [-0.3, -0.25) is 9.59 Å². The number of carbonyl (C=O) groups is 2. The molecule has 0 aliphatic carbocycles. The highest BCUT2D eigenvalue weighted by Crippen LogP contribution is 2.17. The van der Waals surface area contributed by atoms with Crippen LogP contribution in [0.15, 0.2) is 48.5 Å². The van der Waals surface area contributed by atoms with Crippen molar-refractivity contribution < 1.29 is 14.7 Å². The summed E-state index contributed by atoms with van der Waals surface area (Å²) in [5.41, 5.74) is 2.28. The zero-order valence-corrected chi connectivity index (χ0v) is 14.0. The second-order valence-electron chi connectivity index (χ2n) is 5.41. The van der Waals surface area contributed by atoms with Gasteiger partial charge < -0.3 is 15.7 Å².